The Bertz CT molecular complexity index is 631. The standard InChI is InChI=1S/C11H7ClF2N2O2/c12-9-10(17)15-5-16-11(9)18-4-6-1-2-7(13)3-8(6)14/h1-3,5H,4H2,(H,15,16,17). The second kappa shape index (κ2) is 5.14. The van der Waals surface area contributed by atoms with E-state index < -0.39 is 17.2 Å². The molecule has 0 amide bonds. The van der Waals surface area contributed by atoms with E-state index >= 15 is 0 Å². The molecule has 0 saturated carbocycles. The molecule has 1 aromatic carbocycles. The van der Waals surface area contributed by atoms with E-state index in [1.807, 2.05) is 0 Å². The van der Waals surface area contributed by atoms with Gasteiger partial charge in [0.05, 0.1) is 6.33 Å². The first kappa shape index (κ1) is 12.5. The summed E-state index contributed by atoms with van der Waals surface area (Å²) >= 11 is 5.64. The number of H-pyrrole nitrogens is 1. The lowest BCUT2D eigenvalue weighted by Gasteiger charge is -2.06. The van der Waals surface area contributed by atoms with Gasteiger partial charge in [-0.1, -0.05) is 11.6 Å². The maximum atomic E-state index is 13.3. The number of benzene rings is 1. The first-order chi connectivity index (χ1) is 8.58. The molecule has 1 N–H and O–H groups in total. The van der Waals surface area contributed by atoms with Crippen molar-refractivity contribution in [1.29, 1.82) is 0 Å². The minimum absolute atomic E-state index is 0.107. The van der Waals surface area contributed by atoms with Gasteiger partial charge in [-0.2, -0.15) is 0 Å². The fourth-order valence-corrected chi connectivity index (χ4v) is 1.41. The van der Waals surface area contributed by atoms with E-state index in [0.29, 0.717) is 0 Å². The van der Waals surface area contributed by atoms with Crippen molar-refractivity contribution < 1.29 is 13.5 Å². The predicted molar refractivity (Wildman–Crippen MR) is 60.6 cm³/mol. The fraction of sp³-hybridized carbons (Fsp3) is 0.0909. The SMILES string of the molecule is O=c1[nH]cnc(OCc2ccc(F)cc2F)c1Cl. The van der Waals surface area contributed by atoms with E-state index in [1.165, 1.54) is 6.07 Å². The Kier molecular flexibility index (Phi) is 3.57. The summed E-state index contributed by atoms with van der Waals surface area (Å²) in [6, 6.07) is 3.09. The van der Waals surface area contributed by atoms with Gasteiger partial charge >= 0.3 is 0 Å². The number of nitrogens with zero attached hydrogens (tertiary/aromatic N) is 1. The topological polar surface area (TPSA) is 55.0 Å². The van der Waals surface area contributed by atoms with Crippen LogP contribution in [-0.2, 0) is 6.61 Å². The summed E-state index contributed by atoms with van der Waals surface area (Å²) < 4.78 is 31.1. The number of aromatic nitrogens is 2. The molecule has 94 valence electrons. The minimum atomic E-state index is -0.740. The van der Waals surface area contributed by atoms with Crippen LogP contribution in [0, 0.1) is 11.6 Å². The van der Waals surface area contributed by atoms with E-state index in [9.17, 15) is 13.6 Å². The van der Waals surface area contributed by atoms with Crippen molar-refractivity contribution in [3.63, 3.8) is 0 Å². The van der Waals surface area contributed by atoms with E-state index in [-0.39, 0.29) is 23.1 Å². The molecule has 7 heteroatoms. The Morgan fingerprint density at radius 2 is 2.17 bits per heavy atom. The Balaban J connectivity index is 2.16. The molecule has 2 aromatic rings. The van der Waals surface area contributed by atoms with Crippen LogP contribution >= 0.6 is 11.6 Å². The Labute approximate surface area is 105 Å². The molecule has 0 aliphatic carbocycles. The molecule has 0 unspecified atom stereocenters. The third-order valence-corrected chi connectivity index (χ3v) is 2.48. The van der Waals surface area contributed by atoms with Crippen molar-refractivity contribution in [1.82, 2.24) is 9.97 Å². The summed E-state index contributed by atoms with van der Waals surface area (Å²) in [7, 11) is 0. The molecule has 0 atom stereocenters. The third kappa shape index (κ3) is 2.65. The van der Waals surface area contributed by atoms with Gasteiger partial charge in [0.15, 0.2) is 5.02 Å². The highest BCUT2D eigenvalue weighted by atomic mass is 35.5. The summed E-state index contributed by atoms with van der Waals surface area (Å²) in [6.07, 6.45) is 1.12. The zero-order valence-corrected chi connectivity index (χ0v) is 9.67. The van der Waals surface area contributed by atoms with Gasteiger partial charge in [-0.25, -0.2) is 13.8 Å². The summed E-state index contributed by atoms with van der Waals surface area (Å²) in [4.78, 5) is 17.1. The molecule has 0 bridgehead atoms. The van der Waals surface area contributed by atoms with Crippen molar-refractivity contribution >= 4 is 11.6 Å². The maximum Gasteiger partial charge on any atom is 0.273 e. The van der Waals surface area contributed by atoms with E-state index in [2.05, 4.69) is 9.97 Å². The van der Waals surface area contributed by atoms with Gasteiger partial charge in [0, 0.05) is 11.6 Å². The molecule has 4 nitrogen and oxygen atoms in total. The largest absolute Gasteiger partial charge is 0.471 e. The van der Waals surface area contributed by atoms with Crippen LogP contribution in [0.25, 0.3) is 0 Å². The molecule has 18 heavy (non-hydrogen) atoms. The smallest absolute Gasteiger partial charge is 0.273 e. The highest BCUT2D eigenvalue weighted by Gasteiger charge is 2.09. The molecular formula is C11H7ClF2N2O2. The monoisotopic (exact) mass is 272 g/mol. The van der Waals surface area contributed by atoms with Crippen LogP contribution in [0.5, 0.6) is 5.88 Å². The van der Waals surface area contributed by atoms with Crippen molar-refractivity contribution in [3.05, 3.63) is 57.1 Å². The molecule has 1 aromatic heterocycles. The fourth-order valence-electron chi connectivity index (χ4n) is 1.25. The molecule has 0 saturated heterocycles. The number of ether oxygens (including phenoxy) is 1. The van der Waals surface area contributed by atoms with Gasteiger partial charge in [-0.05, 0) is 12.1 Å². The molecular weight excluding hydrogens is 266 g/mol. The van der Waals surface area contributed by atoms with Crippen LogP contribution in [0.15, 0.2) is 29.3 Å². The van der Waals surface area contributed by atoms with Crippen LogP contribution in [0.4, 0.5) is 8.78 Å². The molecule has 2 rings (SSSR count). The van der Waals surface area contributed by atoms with Crippen LogP contribution in [-0.4, -0.2) is 9.97 Å². The molecule has 0 radical (unpaired) electrons. The van der Waals surface area contributed by atoms with Crippen molar-refractivity contribution in [2.24, 2.45) is 0 Å². The molecule has 0 fully saturated rings. The normalized spacial score (nSPS) is 10.4. The summed E-state index contributed by atoms with van der Waals surface area (Å²) in [6.45, 7) is -0.206. The first-order valence-electron chi connectivity index (χ1n) is 4.88. The number of hydrogen-bond donors (Lipinski definition) is 1. The average Bonchev–Trinajstić information content (AvgIpc) is 2.33. The van der Waals surface area contributed by atoms with Crippen molar-refractivity contribution in [2.45, 2.75) is 6.61 Å². The second-order valence-electron chi connectivity index (χ2n) is 3.38. The summed E-state index contributed by atoms with van der Waals surface area (Å²) in [5.41, 5.74) is -0.421. The Morgan fingerprint density at radius 3 is 2.89 bits per heavy atom. The van der Waals surface area contributed by atoms with Crippen LogP contribution < -0.4 is 10.3 Å². The highest BCUT2D eigenvalue weighted by Crippen LogP contribution is 2.18. The van der Waals surface area contributed by atoms with Crippen molar-refractivity contribution in [2.75, 3.05) is 0 Å². The predicted octanol–water partition coefficient (Wildman–Crippen LogP) is 2.28. The van der Waals surface area contributed by atoms with Crippen molar-refractivity contribution in [3.8, 4) is 5.88 Å². The van der Waals surface area contributed by atoms with E-state index in [0.717, 1.165) is 18.5 Å². The van der Waals surface area contributed by atoms with Gasteiger partial charge in [0.1, 0.15) is 18.2 Å². The highest BCUT2D eigenvalue weighted by molar-refractivity contribution is 6.31. The zero-order valence-electron chi connectivity index (χ0n) is 8.91. The number of aromatic amines is 1. The summed E-state index contributed by atoms with van der Waals surface area (Å²) in [5.74, 6) is -1.52. The zero-order chi connectivity index (χ0) is 13.1. The number of halogens is 3. The average molecular weight is 273 g/mol. The minimum Gasteiger partial charge on any atom is -0.471 e. The quantitative estimate of drug-likeness (QED) is 0.933. The Hall–Kier alpha value is -1.95. The van der Waals surface area contributed by atoms with Gasteiger partial charge < -0.3 is 9.72 Å². The van der Waals surface area contributed by atoms with Gasteiger partial charge in [0.2, 0.25) is 5.88 Å². The second-order valence-corrected chi connectivity index (χ2v) is 3.75. The Morgan fingerprint density at radius 1 is 1.39 bits per heavy atom. The number of rotatable bonds is 3. The lowest BCUT2D eigenvalue weighted by Crippen LogP contribution is -2.10. The van der Waals surface area contributed by atoms with Gasteiger partial charge in [-0.3, -0.25) is 4.79 Å². The number of hydrogen-bond acceptors (Lipinski definition) is 3. The lowest BCUT2D eigenvalue weighted by molar-refractivity contribution is 0.287. The molecule has 0 aliphatic heterocycles. The van der Waals surface area contributed by atoms with Crippen LogP contribution in [0.3, 0.4) is 0 Å². The molecule has 1 heterocycles. The first-order valence-corrected chi connectivity index (χ1v) is 5.25. The van der Waals surface area contributed by atoms with E-state index in [4.69, 9.17) is 16.3 Å². The summed E-state index contributed by atoms with van der Waals surface area (Å²) in [5, 5.41) is -0.222. The van der Waals surface area contributed by atoms with E-state index in [1.54, 1.807) is 0 Å². The van der Waals surface area contributed by atoms with Crippen LogP contribution in [0.1, 0.15) is 5.56 Å². The van der Waals surface area contributed by atoms with Gasteiger partial charge in [-0.15, -0.1) is 0 Å². The maximum absolute atomic E-state index is 13.3. The van der Waals surface area contributed by atoms with Crippen LogP contribution in [0.2, 0.25) is 5.02 Å². The van der Waals surface area contributed by atoms with Gasteiger partial charge in [0.25, 0.3) is 5.56 Å². The lowest BCUT2D eigenvalue weighted by atomic mass is 10.2. The number of nitrogens with one attached hydrogen (secondary N) is 1. The molecule has 0 spiro atoms. The third-order valence-electron chi connectivity index (χ3n) is 2.14. The molecule has 0 aliphatic rings.